The summed E-state index contributed by atoms with van der Waals surface area (Å²) in [7, 11) is -2.83. The molecule has 0 saturated carbocycles. The third kappa shape index (κ3) is 5.38. The average Bonchev–Trinajstić information content (AvgIpc) is 2.76. The van der Waals surface area contributed by atoms with Crippen molar-refractivity contribution >= 4 is 15.7 Å². The molecule has 1 saturated heterocycles. The summed E-state index contributed by atoms with van der Waals surface area (Å²) in [6.45, 7) is 2.44. The summed E-state index contributed by atoms with van der Waals surface area (Å²) in [4.78, 5) is 11.6. The molecular formula is C15H21NO4S. The molecule has 0 radical (unpaired) electrons. The molecule has 1 N–H and O–H groups in total. The second-order valence-electron chi connectivity index (χ2n) is 5.51. The molecule has 6 heteroatoms. The lowest BCUT2D eigenvalue weighted by Crippen LogP contribution is -2.30. The number of rotatable bonds is 6. The first-order valence-electron chi connectivity index (χ1n) is 7.11. The van der Waals surface area contributed by atoms with Gasteiger partial charge in [0.25, 0.3) is 5.91 Å². The molecule has 1 atom stereocenters. The number of aryl methyl sites for hydroxylation is 1. The second kappa shape index (κ2) is 6.93. The zero-order valence-electron chi connectivity index (χ0n) is 12.2. The van der Waals surface area contributed by atoms with Crippen molar-refractivity contribution in [1.29, 1.82) is 0 Å². The van der Waals surface area contributed by atoms with Gasteiger partial charge in [0, 0.05) is 6.54 Å². The fraction of sp³-hybridized carbons (Fsp3) is 0.533. The summed E-state index contributed by atoms with van der Waals surface area (Å²) < 4.78 is 28.0. The third-order valence-electron chi connectivity index (χ3n) is 3.56. The smallest absolute Gasteiger partial charge is 0.257 e. The van der Waals surface area contributed by atoms with Crippen LogP contribution in [0.15, 0.2) is 24.3 Å². The normalized spacial score (nSPS) is 20.1. The number of hydrogen-bond acceptors (Lipinski definition) is 4. The number of amides is 1. The molecule has 1 fully saturated rings. The Labute approximate surface area is 125 Å². The number of hydrogen-bond donors (Lipinski definition) is 1. The molecule has 1 aliphatic heterocycles. The lowest BCUT2D eigenvalue weighted by molar-refractivity contribution is -0.123. The number of benzene rings is 1. The van der Waals surface area contributed by atoms with Gasteiger partial charge >= 0.3 is 0 Å². The summed E-state index contributed by atoms with van der Waals surface area (Å²) in [5, 5.41) is 2.76. The average molecular weight is 311 g/mol. The Morgan fingerprint density at radius 3 is 2.90 bits per heavy atom. The fourth-order valence-corrected chi connectivity index (χ4v) is 4.33. The van der Waals surface area contributed by atoms with E-state index in [1.807, 2.05) is 31.2 Å². The van der Waals surface area contributed by atoms with E-state index in [-0.39, 0.29) is 29.9 Å². The standard InChI is InChI=1S/C15H21NO4S/c1-12-3-2-4-14(9-12)20-10-15(17)16-7-5-13-6-8-21(18,19)11-13/h2-4,9,13H,5-8,10-11H2,1H3,(H,16,17). The predicted octanol–water partition coefficient (Wildman–Crippen LogP) is 1.31. The van der Waals surface area contributed by atoms with Gasteiger partial charge < -0.3 is 10.1 Å². The van der Waals surface area contributed by atoms with Gasteiger partial charge in [-0.05, 0) is 43.4 Å². The molecule has 0 bridgehead atoms. The molecule has 21 heavy (non-hydrogen) atoms. The van der Waals surface area contributed by atoms with E-state index in [1.54, 1.807) is 0 Å². The zero-order valence-corrected chi connectivity index (χ0v) is 13.0. The minimum absolute atomic E-state index is 0.0214. The maximum atomic E-state index is 11.6. The van der Waals surface area contributed by atoms with Gasteiger partial charge in [0.1, 0.15) is 5.75 Å². The molecule has 116 valence electrons. The summed E-state index contributed by atoms with van der Waals surface area (Å²) in [6, 6.07) is 7.52. The Hall–Kier alpha value is -1.56. The molecule has 0 spiro atoms. The molecule has 0 aliphatic carbocycles. The highest BCUT2D eigenvalue weighted by Crippen LogP contribution is 2.20. The Morgan fingerprint density at radius 2 is 2.24 bits per heavy atom. The molecule has 1 unspecified atom stereocenters. The fourth-order valence-electron chi connectivity index (χ4n) is 2.42. The third-order valence-corrected chi connectivity index (χ3v) is 5.40. The van der Waals surface area contributed by atoms with Crippen molar-refractivity contribution in [3.63, 3.8) is 0 Å². The van der Waals surface area contributed by atoms with Crippen LogP contribution in [0.4, 0.5) is 0 Å². The van der Waals surface area contributed by atoms with Crippen LogP contribution in [0.5, 0.6) is 5.75 Å². The highest BCUT2D eigenvalue weighted by molar-refractivity contribution is 7.91. The van der Waals surface area contributed by atoms with Gasteiger partial charge in [-0.25, -0.2) is 8.42 Å². The van der Waals surface area contributed by atoms with E-state index in [4.69, 9.17) is 4.74 Å². The molecule has 1 heterocycles. The lowest BCUT2D eigenvalue weighted by atomic mass is 10.1. The SMILES string of the molecule is Cc1cccc(OCC(=O)NCCC2CCS(=O)(=O)C2)c1. The van der Waals surface area contributed by atoms with Crippen LogP contribution in [0.25, 0.3) is 0 Å². The van der Waals surface area contributed by atoms with Crippen molar-refractivity contribution in [3.05, 3.63) is 29.8 Å². The van der Waals surface area contributed by atoms with Gasteiger partial charge in [-0.15, -0.1) is 0 Å². The topological polar surface area (TPSA) is 72.5 Å². The first-order valence-corrected chi connectivity index (χ1v) is 8.93. The van der Waals surface area contributed by atoms with Crippen LogP contribution in [0, 0.1) is 12.8 Å². The van der Waals surface area contributed by atoms with Crippen LogP contribution in [0.2, 0.25) is 0 Å². The Bertz CT molecular complexity index is 597. The molecule has 0 aromatic heterocycles. The van der Waals surface area contributed by atoms with Crippen molar-refractivity contribution in [1.82, 2.24) is 5.32 Å². The van der Waals surface area contributed by atoms with Crippen LogP contribution >= 0.6 is 0 Å². The molecule has 1 amide bonds. The predicted molar refractivity (Wildman–Crippen MR) is 81.1 cm³/mol. The monoisotopic (exact) mass is 311 g/mol. The van der Waals surface area contributed by atoms with Crippen molar-refractivity contribution in [2.75, 3.05) is 24.7 Å². The van der Waals surface area contributed by atoms with Crippen LogP contribution in [0.3, 0.4) is 0 Å². The Morgan fingerprint density at radius 1 is 1.43 bits per heavy atom. The Kier molecular flexibility index (Phi) is 5.22. The molecule has 1 aliphatic rings. The maximum Gasteiger partial charge on any atom is 0.257 e. The van der Waals surface area contributed by atoms with Gasteiger partial charge in [-0.1, -0.05) is 12.1 Å². The van der Waals surface area contributed by atoms with E-state index in [1.165, 1.54) is 0 Å². The van der Waals surface area contributed by atoms with E-state index in [2.05, 4.69) is 5.32 Å². The minimum Gasteiger partial charge on any atom is -0.484 e. The first-order chi connectivity index (χ1) is 9.94. The molecule has 1 aromatic carbocycles. The van der Waals surface area contributed by atoms with Gasteiger partial charge in [0.05, 0.1) is 11.5 Å². The number of nitrogens with one attached hydrogen (secondary N) is 1. The number of carbonyl (C=O) groups excluding carboxylic acids is 1. The van der Waals surface area contributed by atoms with Crippen molar-refractivity contribution in [2.24, 2.45) is 5.92 Å². The molecular weight excluding hydrogens is 290 g/mol. The number of ether oxygens (including phenoxy) is 1. The van der Waals surface area contributed by atoms with Crippen LogP contribution in [-0.2, 0) is 14.6 Å². The van der Waals surface area contributed by atoms with E-state index < -0.39 is 9.84 Å². The van der Waals surface area contributed by atoms with E-state index in [9.17, 15) is 13.2 Å². The zero-order chi connectivity index (χ0) is 15.3. The van der Waals surface area contributed by atoms with Crippen LogP contribution < -0.4 is 10.1 Å². The number of carbonyl (C=O) groups is 1. The van der Waals surface area contributed by atoms with Crippen LogP contribution in [0.1, 0.15) is 18.4 Å². The number of sulfone groups is 1. The lowest BCUT2D eigenvalue weighted by Gasteiger charge is -2.10. The van der Waals surface area contributed by atoms with E-state index in [0.717, 1.165) is 5.56 Å². The largest absolute Gasteiger partial charge is 0.484 e. The quantitative estimate of drug-likeness (QED) is 0.860. The van der Waals surface area contributed by atoms with Crippen molar-refractivity contribution < 1.29 is 17.9 Å². The van der Waals surface area contributed by atoms with Gasteiger partial charge in [-0.3, -0.25) is 4.79 Å². The maximum absolute atomic E-state index is 11.6. The summed E-state index contributed by atoms with van der Waals surface area (Å²) in [6.07, 6.45) is 1.41. The molecule has 2 rings (SSSR count). The van der Waals surface area contributed by atoms with Crippen molar-refractivity contribution in [2.45, 2.75) is 19.8 Å². The van der Waals surface area contributed by atoms with Crippen LogP contribution in [-0.4, -0.2) is 39.0 Å². The van der Waals surface area contributed by atoms with Crippen molar-refractivity contribution in [3.8, 4) is 5.75 Å². The summed E-state index contributed by atoms with van der Waals surface area (Å²) >= 11 is 0. The van der Waals surface area contributed by atoms with Gasteiger partial charge in [0.2, 0.25) is 0 Å². The second-order valence-corrected chi connectivity index (χ2v) is 7.74. The van der Waals surface area contributed by atoms with Gasteiger partial charge in [0.15, 0.2) is 16.4 Å². The Balaban J connectivity index is 1.64. The highest BCUT2D eigenvalue weighted by atomic mass is 32.2. The van der Waals surface area contributed by atoms with E-state index in [0.29, 0.717) is 25.1 Å². The minimum atomic E-state index is -2.83. The van der Waals surface area contributed by atoms with E-state index >= 15 is 0 Å². The highest BCUT2D eigenvalue weighted by Gasteiger charge is 2.27. The summed E-state index contributed by atoms with van der Waals surface area (Å²) in [5.41, 5.74) is 1.08. The first kappa shape index (κ1) is 15.8. The summed E-state index contributed by atoms with van der Waals surface area (Å²) in [5.74, 6) is 1.20. The molecule has 5 nitrogen and oxygen atoms in total. The molecule has 1 aromatic rings. The van der Waals surface area contributed by atoms with Gasteiger partial charge in [-0.2, -0.15) is 0 Å².